The van der Waals surface area contributed by atoms with Crippen LogP contribution >= 0.6 is 0 Å². The molecule has 0 N–H and O–H groups in total. The van der Waals surface area contributed by atoms with E-state index in [2.05, 4.69) is 48.5 Å². The van der Waals surface area contributed by atoms with Gasteiger partial charge in [-0.2, -0.15) is 13.2 Å². The highest BCUT2D eigenvalue weighted by Gasteiger charge is 2.55. The van der Waals surface area contributed by atoms with Gasteiger partial charge in [0, 0.05) is 0 Å². The van der Waals surface area contributed by atoms with Crippen molar-refractivity contribution >= 4 is 0 Å². The summed E-state index contributed by atoms with van der Waals surface area (Å²) < 4.78 is 36.4. The minimum Gasteiger partial charge on any atom is -0.258 e. The van der Waals surface area contributed by atoms with Gasteiger partial charge < -0.3 is 0 Å². The van der Waals surface area contributed by atoms with Crippen LogP contribution in [0.5, 0.6) is 0 Å². The monoisotopic (exact) mass is 392 g/mol. The van der Waals surface area contributed by atoms with Gasteiger partial charge in [-0.1, -0.05) is 66.7 Å². The third-order valence-corrected chi connectivity index (χ3v) is 3.99. The van der Waals surface area contributed by atoms with Gasteiger partial charge in [0.1, 0.15) is 16.3 Å². The molecule has 3 rings (SSSR count). The van der Waals surface area contributed by atoms with Crippen LogP contribution in [0.25, 0.3) is 11.1 Å². The summed E-state index contributed by atoms with van der Waals surface area (Å²) >= 11 is 0. The Balaban J connectivity index is 0.000000207. The number of benzene rings is 2. The number of nitrogens with zero attached hydrogens (tertiary/aromatic N) is 2. The number of hydrogen-bond donors (Lipinski definition) is 0. The van der Waals surface area contributed by atoms with Gasteiger partial charge in [-0.3, -0.25) is 20.2 Å². The minimum absolute atomic E-state index is 0.356. The van der Waals surface area contributed by atoms with Crippen LogP contribution in [-0.4, -0.2) is 21.7 Å². The number of nitro groups is 2. The fourth-order valence-electron chi connectivity index (χ4n) is 2.43. The van der Waals surface area contributed by atoms with Crippen molar-refractivity contribution in [2.45, 2.75) is 18.3 Å². The second kappa shape index (κ2) is 8.47. The minimum atomic E-state index is -4.66. The summed E-state index contributed by atoms with van der Waals surface area (Å²) in [6, 6.07) is 20.8. The predicted molar refractivity (Wildman–Crippen MR) is 96.5 cm³/mol. The smallest absolute Gasteiger partial charge is 0.258 e. The van der Waals surface area contributed by atoms with E-state index in [0.29, 0.717) is 18.2 Å². The molecule has 2 aromatic carbocycles. The van der Waals surface area contributed by atoms with Crippen molar-refractivity contribution in [1.82, 2.24) is 0 Å². The first kappa shape index (κ1) is 20.8. The largest absolute Gasteiger partial charge is 0.481 e. The molecule has 0 saturated heterocycles. The molecule has 146 valence electrons. The average Bonchev–Trinajstić information content (AvgIpc) is 2.69. The Kier molecular flexibility index (Phi) is 6.29. The van der Waals surface area contributed by atoms with E-state index in [1.807, 2.05) is 12.1 Å². The summed E-state index contributed by atoms with van der Waals surface area (Å²) in [5.41, 5.74) is -1.25. The molecule has 2 aromatic rings. The van der Waals surface area contributed by atoms with E-state index >= 15 is 0 Å². The molecule has 0 spiro atoms. The van der Waals surface area contributed by atoms with Gasteiger partial charge in [0.15, 0.2) is 0 Å². The third-order valence-electron chi connectivity index (χ3n) is 3.99. The lowest BCUT2D eigenvalue weighted by Crippen LogP contribution is -2.45. The fourth-order valence-corrected chi connectivity index (χ4v) is 2.43. The quantitative estimate of drug-likeness (QED) is 0.416. The molecular formula is C19H15F3N2O4. The molecule has 0 unspecified atom stereocenters. The number of halogens is 3. The van der Waals surface area contributed by atoms with Crippen molar-refractivity contribution in [3.63, 3.8) is 0 Å². The maximum atomic E-state index is 12.1. The van der Waals surface area contributed by atoms with Crippen LogP contribution in [0.2, 0.25) is 0 Å². The van der Waals surface area contributed by atoms with Gasteiger partial charge in [0.25, 0.3) is 0 Å². The normalized spacial score (nSPS) is 15.0. The molecular weight excluding hydrogens is 377 g/mol. The van der Waals surface area contributed by atoms with Crippen LogP contribution in [0.15, 0.2) is 84.5 Å². The van der Waals surface area contributed by atoms with Crippen LogP contribution in [0, 0.1) is 20.2 Å². The van der Waals surface area contributed by atoms with Crippen LogP contribution in [0.4, 0.5) is 13.2 Å². The van der Waals surface area contributed by atoms with Gasteiger partial charge in [0.2, 0.25) is 0 Å². The molecule has 6 nitrogen and oxygen atoms in total. The van der Waals surface area contributed by atoms with Gasteiger partial charge in [-0.05, 0) is 17.2 Å². The lowest BCUT2D eigenvalue weighted by atomic mass is 9.97. The summed E-state index contributed by atoms with van der Waals surface area (Å²) in [4.78, 5) is 18.5. The van der Waals surface area contributed by atoms with Crippen LogP contribution < -0.4 is 0 Å². The molecule has 0 heterocycles. The number of alkyl halides is 3. The topological polar surface area (TPSA) is 86.3 Å². The van der Waals surface area contributed by atoms with E-state index in [0.717, 1.165) is 0 Å². The van der Waals surface area contributed by atoms with Crippen LogP contribution in [-0.2, 0) is 0 Å². The molecule has 9 heteroatoms. The molecule has 0 atom stereocenters. The average molecular weight is 392 g/mol. The van der Waals surface area contributed by atoms with Crippen molar-refractivity contribution in [2.24, 2.45) is 0 Å². The lowest BCUT2D eigenvalue weighted by molar-refractivity contribution is -0.780. The van der Waals surface area contributed by atoms with E-state index < -0.39 is 33.7 Å². The van der Waals surface area contributed by atoms with E-state index in [4.69, 9.17) is 0 Å². The molecule has 0 radical (unpaired) electrons. The maximum Gasteiger partial charge on any atom is 0.481 e. The fraction of sp³-hybridized carbons (Fsp3) is 0.158. The molecule has 1 aliphatic carbocycles. The van der Waals surface area contributed by atoms with Gasteiger partial charge in [-0.15, -0.1) is 0 Å². The summed E-state index contributed by atoms with van der Waals surface area (Å²) in [5, 5.41) is 21.0. The van der Waals surface area contributed by atoms with Gasteiger partial charge in [0.05, 0.1) is 11.6 Å². The van der Waals surface area contributed by atoms with Crippen LogP contribution in [0.1, 0.15) is 6.42 Å². The van der Waals surface area contributed by atoms with Crippen molar-refractivity contribution < 1.29 is 23.0 Å². The second-order valence-electron chi connectivity index (χ2n) is 5.82. The first-order valence-corrected chi connectivity index (χ1v) is 8.03. The zero-order valence-corrected chi connectivity index (χ0v) is 14.4. The number of allylic oxidation sites excluding steroid dienone is 2. The summed E-state index contributed by atoms with van der Waals surface area (Å²) in [5.74, 6) is 0. The Bertz CT molecular complexity index is 843. The van der Waals surface area contributed by atoms with Gasteiger partial charge in [-0.25, -0.2) is 0 Å². The standard InChI is InChI=1S/C12H10.C7H5F3N2O4/c1-3-7-11(8-4-1)12-9-5-2-6-10-12;8-7(9,10)5-1-3-6(4-2-5,11(13)14)12(15)16/h1-10H;1-3H,4H2. The number of rotatable bonds is 3. The summed E-state index contributed by atoms with van der Waals surface area (Å²) in [6.07, 6.45) is -4.41. The van der Waals surface area contributed by atoms with E-state index in [-0.39, 0.29) is 0 Å². The van der Waals surface area contributed by atoms with E-state index in [9.17, 15) is 33.4 Å². The molecule has 0 saturated carbocycles. The van der Waals surface area contributed by atoms with E-state index in [1.54, 1.807) is 0 Å². The van der Waals surface area contributed by atoms with Crippen molar-refractivity contribution in [2.75, 3.05) is 0 Å². The van der Waals surface area contributed by atoms with Crippen molar-refractivity contribution in [3.8, 4) is 11.1 Å². The zero-order chi connectivity index (χ0) is 20.8. The van der Waals surface area contributed by atoms with Crippen molar-refractivity contribution in [3.05, 3.63) is 105 Å². The molecule has 0 aromatic heterocycles. The first-order chi connectivity index (χ1) is 13.2. The lowest BCUT2D eigenvalue weighted by Gasteiger charge is -2.17. The zero-order valence-electron chi connectivity index (χ0n) is 14.4. The summed E-state index contributed by atoms with van der Waals surface area (Å²) in [7, 11) is 0. The molecule has 0 fully saturated rings. The second-order valence-corrected chi connectivity index (χ2v) is 5.82. The Morgan fingerprint density at radius 3 is 1.54 bits per heavy atom. The third kappa shape index (κ3) is 4.81. The Labute approximate surface area is 157 Å². The highest BCUT2D eigenvalue weighted by Crippen LogP contribution is 2.33. The molecule has 0 aliphatic heterocycles. The Morgan fingerprint density at radius 2 is 1.25 bits per heavy atom. The highest BCUT2D eigenvalue weighted by atomic mass is 19.4. The highest BCUT2D eigenvalue weighted by molar-refractivity contribution is 5.62. The SMILES string of the molecule is O=[N+]([O-])C1([N+](=O)[O-])C=CC(C(F)(F)F)=CC1.c1ccc(-c2ccccc2)cc1. The van der Waals surface area contributed by atoms with Crippen molar-refractivity contribution in [1.29, 1.82) is 0 Å². The van der Waals surface area contributed by atoms with E-state index in [1.165, 1.54) is 11.1 Å². The molecule has 1 aliphatic rings. The molecule has 28 heavy (non-hydrogen) atoms. The van der Waals surface area contributed by atoms with Crippen LogP contribution in [0.3, 0.4) is 0 Å². The number of hydrogen-bond acceptors (Lipinski definition) is 4. The molecule has 0 bridgehead atoms. The Morgan fingerprint density at radius 1 is 0.821 bits per heavy atom. The summed E-state index contributed by atoms with van der Waals surface area (Å²) in [6.45, 7) is 0. The maximum absolute atomic E-state index is 12.1. The molecule has 0 amide bonds. The Hall–Kier alpha value is -3.49. The van der Waals surface area contributed by atoms with Gasteiger partial charge >= 0.3 is 11.8 Å². The first-order valence-electron chi connectivity index (χ1n) is 8.03. The predicted octanol–water partition coefficient (Wildman–Crippen LogP) is 5.04.